The van der Waals surface area contributed by atoms with E-state index in [9.17, 15) is 24.6 Å². The van der Waals surface area contributed by atoms with E-state index in [1.807, 2.05) is 24.3 Å². The number of fused-ring (bicyclic) bond motifs is 1. The number of hydrogen-bond donors (Lipinski definition) is 7. The van der Waals surface area contributed by atoms with Crippen molar-refractivity contribution in [1.82, 2.24) is 15.6 Å². The Morgan fingerprint density at radius 3 is 2.42 bits per heavy atom. The normalized spacial score (nSPS) is 15.1. The number of hydrogen-bond acceptors (Lipinski definition) is 6. The van der Waals surface area contributed by atoms with Crippen molar-refractivity contribution in [1.29, 1.82) is 0 Å². The van der Waals surface area contributed by atoms with Crippen molar-refractivity contribution in [3.63, 3.8) is 0 Å². The van der Waals surface area contributed by atoms with Crippen LogP contribution in [0, 0.1) is 0 Å². The Kier molecular flexibility index (Phi) is 8.98. The minimum absolute atomic E-state index is 0.0712. The minimum atomic E-state index is -1.20. The number of aromatic nitrogens is 1. The fraction of sp³-hybridized carbons (Fsp3) is 0.476. The number of aliphatic carboxylic acids is 1. The second-order valence-electron chi connectivity index (χ2n) is 7.58. The Morgan fingerprint density at radius 1 is 1.10 bits per heavy atom. The van der Waals surface area contributed by atoms with E-state index in [1.54, 1.807) is 6.20 Å². The Morgan fingerprint density at radius 2 is 1.77 bits per heavy atom. The third-order valence-corrected chi connectivity index (χ3v) is 5.12. The lowest BCUT2D eigenvalue weighted by Gasteiger charge is -2.23. The van der Waals surface area contributed by atoms with E-state index < -0.39 is 42.0 Å². The van der Waals surface area contributed by atoms with Crippen molar-refractivity contribution in [2.45, 2.75) is 56.8 Å². The molecular formula is C21H31N5O5. The summed E-state index contributed by atoms with van der Waals surface area (Å²) in [5.41, 5.74) is 12.8. The number of benzene rings is 1. The third kappa shape index (κ3) is 6.78. The second-order valence-corrected chi connectivity index (χ2v) is 7.58. The molecular weight excluding hydrogens is 402 g/mol. The van der Waals surface area contributed by atoms with Crippen molar-refractivity contribution in [3.8, 4) is 0 Å². The molecule has 170 valence electrons. The SMILES string of the molecule is CC(O)C(N)C(=O)NC(CCCCN)C(=O)NC(Cc1c[nH]c2ccccc12)C(=O)O. The molecule has 0 bridgehead atoms. The number of aliphatic hydroxyl groups excluding tert-OH is 1. The summed E-state index contributed by atoms with van der Waals surface area (Å²) < 4.78 is 0. The van der Waals surface area contributed by atoms with Crippen LogP contribution < -0.4 is 22.1 Å². The molecule has 2 rings (SSSR count). The second kappa shape index (κ2) is 11.4. The maximum absolute atomic E-state index is 12.8. The van der Waals surface area contributed by atoms with Crippen LogP contribution in [0.15, 0.2) is 30.5 Å². The molecule has 10 heteroatoms. The topological polar surface area (TPSA) is 184 Å². The Bertz CT molecular complexity index is 897. The first-order chi connectivity index (χ1) is 14.7. The summed E-state index contributed by atoms with van der Waals surface area (Å²) in [7, 11) is 0. The Balaban J connectivity index is 2.13. The zero-order valence-electron chi connectivity index (χ0n) is 17.5. The van der Waals surface area contributed by atoms with Crippen LogP contribution in [0.5, 0.6) is 0 Å². The molecule has 10 nitrogen and oxygen atoms in total. The molecule has 0 spiro atoms. The molecule has 31 heavy (non-hydrogen) atoms. The molecule has 0 aliphatic rings. The van der Waals surface area contributed by atoms with Gasteiger partial charge in [-0.05, 0) is 44.4 Å². The van der Waals surface area contributed by atoms with Gasteiger partial charge in [-0.3, -0.25) is 9.59 Å². The summed E-state index contributed by atoms with van der Waals surface area (Å²) in [5, 5.41) is 25.1. The van der Waals surface area contributed by atoms with Gasteiger partial charge in [-0.1, -0.05) is 18.2 Å². The van der Waals surface area contributed by atoms with Crippen LogP contribution in [0.4, 0.5) is 0 Å². The van der Waals surface area contributed by atoms with Crippen molar-refractivity contribution in [2.75, 3.05) is 6.54 Å². The first kappa shape index (κ1) is 24.3. The number of rotatable bonds is 12. The fourth-order valence-electron chi connectivity index (χ4n) is 3.24. The van der Waals surface area contributed by atoms with E-state index in [2.05, 4.69) is 15.6 Å². The highest BCUT2D eigenvalue weighted by molar-refractivity contribution is 5.92. The predicted octanol–water partition coefficient (Wildman–Crippen LogP) is -0.398. The maximum Gasteiger partial charge on any atom is 0.326 e. The van der Waals surface area contributed by atoms with E-state index in [0.29, 0.717) is 19.4 Å². The van der Waals surface area contributed by atoms with Crippen LogP contribution in [0.25, 0.3) is 10.9 Å². The molecule has 0 radical (unpaired) electrons. The number of carbonyl (C=O) groups excluding carboxylic acids is 2. The molecule has 2 amide bonds. The average molecular weight is 434 g/mol. The molecule has 1 aromatic heterocycles. The number of carboxylic acids is 1. The van der Waals surface area contributed by atoms with Gasteiger partial charge in [0.05, 0.1) is 6.10 Å². The lowest BCUT2D eigenvalue weighted by Crippen LogP contribution is -2.56. The Hall–Kier alpha value is -2.95. The van der Waals surface area contributed by atoms with Gasteiger partial charge in [-0.15, -0.1) is 0 Å². The molecule has 0 aliphatic heterocycles. The van der Waals surface area contributed by atoms with Gasteiger partial charge in [0.1, 0.15) is 18.1 Å². The van der Waals surface area contributed by atoms with Crippen LogP contribution in [0.3, 0.4) is 0 Å². The summed E-state index contributed by atoms with van der Waals surface area (Å²) in [4.78, 5) is 40.0. The van der Waals surface area contributed by atoms with E-state index in [0.717, 1.165) is 16.5 Å². The lowest BCUT2D eigenvalue weighted by molar-refractivity contribution is -0.142. The van der Waals surface area contributed by atoms with Gasteiger partial charge in [0, 0.05) is 23.5 Å². The third-order valence-electron chi connectivity index (χ3n) is 5.12. The predicted molar refractivity (Wildman–Crippen MR) is 116 cm³/mol. The average Bonchev–Trinajstić information content (AvgIpc) is 3.14. The first-order valence-corrected chi connectivity index (χ1v) is 10.3. The van der Waals surface area contributed by atoms with Crippen molar-refractivity contribution in [3.05, 3.63) is 36.0 Å². The minimum Gasteiger partial charge on any atom is -0.480 e. The van der Waals surface area contributed by atoms with E-state index in [1.165, 1.54) is 6.92 Å². The number of para-hydroxylation sites is 1. The molecule has 0 saturated heterocycles. The van der Waals surface area contributed by atoms with Crippen molar-refractivity contribution >= 4 is 28.7 Å². The van der Waals surface area contributed by atoms with Gasteiger partial charge in [-0.2, -0.15) is 0 Å². The number of aliphatic hydroxyl groups is 1. The van der Waals surface area contributed by atoms with Gasteiger partial charge in [-0.25, -0.2) is 4.79 Å². The molecule has 4 unspecified atom stereocenters. The van der Waals surface area contributed by atoms with Gasteiger partial charge in [0.15, 0.2) is 0 Å². The summed E-state index contributed by atoms with van der Waals surface area (Å²) in [6.45, 7) is 1.79. The standard InChI is InChI=1S/C21H31N5O5/c1-12(27)18(23)20(29)25-16(8-4-5-9-22)19(28)26-17(21(30)31)10-13-11-24-15-7-3-2-6-14(13)15/h2-3,6-7,11-12,16-18,24,27H,4-5,8-10,22-23H2,1H3,(H,25,29)(H,26,28)(H,30,31). The zero-order valence-corrected chi connectivity index (χ0v) is 17.5. The number of carboxylic acid groups (broad SMARTS) is 1. The molecule has 2 aromatic rings. The molecule has 9 N–H and O–H groups in total. The van der Waals surface area contributed by atoms with Gasteiger partial charge < -0.3 is 37.3 Å². The molecule has 0 saturated carbocycles. The zero-order chi connectivity index (χ0) is 23.0. The number of unbranched alkanes of at least 4 members (excludes halogenated alkanes) is 1. The monoisotopic (exact) mass is 433 g/mol. The van der Waals surface area contributed by atoms with Crippen molar-refractivity contribution < 1.29 is 24.6 Å². The van der Waals surface area contributed by atoms with E-state index in [4.69, 9.17) is 11.5 Å². The number of nitrogens with two attached hydrogens (primary N) is 2. The summed E-state index contributed by atoms with van der Waals surface area (Å²) >= 11 is 0. The summed E-state index contributed by atoms with van der Waals surface area (Å²) in [6, 6.07) is 4.08. The summed E-state index contributed by atoms with van der Waals surface area (Å²) in [5.74, 6) is -2.51. The molecule has 1 aromatic carbocycles. The first-order valence-electron chi connectivity index (χ1n) is 10.3. The van der Waals surface area contributed by atoms with Gasteiger partial charge >= 0.3 is 5.97 Å². The molecule has 0 fully saturated rings. The number of aromatic amines is 1. The van der Waals surface area contributed by atoms with Gasteiger partial charge in [0.25, 0.3) is 0 Å². The maximum atomic E-state index is 12.8. The molecule has 1 heterocycles. The number of amides is 2. The molecule has 0 aliphatic carbocycles. The highest BCUT2D eigenvalue weighted by atomic mass is 16.4. The number of nitrogens with one attached hydrogen (secondary N) is 3. The van der Waals surface area contributed by atoms with Crippen molar-refractivity contribution in [2.24, 2.45) is 11.5 Å². The van der Waals surface area contributed by atoms with Gasteiger partial charge in [0.2, 0.25) is 11.8 Å². The highest BCUT2D eigenvalue weighted by Crippen LogP contribution is 2.19. The number of H-pyrrole nitrogens is 1. The number of carbonyl (C=O) groups is 3. The summed E-state index contributed by atoms with van der Waals surface area (Å²) in [6.07, 6.45) is 2.15. The smallest absolute Gasteiger partial charge is 0.326 e. The Labute approximate surface area is 180 Å². The fourth-order valence-corrected chi connectivity index (χ4v) is 3.24. The van der Waals surface area contributed by atoms with E-state index >= 15 is 0 Å². The quantitative estimate of drug-likeness (QED) is 0.222. The van der Waals surface area contributed by atoms with Crippen LogP contribution in [0.1, 0.15) is 31.7 Å². The lowest BCUT2D eigenvalue weighted by atomic mass is 10.0. The highest BCUT2D eigenvalue weighted by Gasteiger charge is 2.29. The largest absolute Gasteiger partial charge is 0.480 e. The van der Waals surface area contributed by atoms with E-state index in [-0.39, 0.29) is 12.8 Å². The molecule has 4 atom stereocenters. The van der Waals surface area contributed by atoms with Crippen LogP contribution in [0.2, 0.25) is 0 Å². The van der Waals surface area contributed by atoms with Crippen LogP contribution >= 0.6 is 0 Å². The van der Waals surface area contributed by atoms with Crippen LogP contribution in [-0.4, -0.2) is 63.8 Å². The van der Waals surface area contributed by atoms with Crippen LogP contribution in [-0.2, 0) is 20.8 Å².